The van der Waals surface area contributed by atoms with Crippen LogP contribution in [0.1, 0.15) is 29.3 Å². The summed E-state index contributed by atoms with van der Waals surface area (Å²) in [5, 5.41) is 2.58. The van der Waals surface area contributed by atoms with Crippen molar-refractivity contribution in [3.63, 3.8) is 0 Å². The van der Waals surface area contributed by atoms with Gasteiger partial charge >= 0.3 is 0 Å². The molecule has 2 atom stereocenters. The van der Waals surface area contributed by atoms with E-state index in [-0.39, 0.29) is 43.3 Å². The van der Waals surface area contributed by atoms with Gasteiger partial charge in [0.1, 0.15) is 0 Å². The molecule has 178 valence electrons. The number of aromatic amines is 1. The van der Waals surface area contributed by atoms with E-state index in [1.807, 2.05) is 30.2 Å². The van der Waals surface area contributed by atoms with E-state index >= 15 is 0 Å². The first-order valence-electron chi connectivity index (χ1n) is 10.9. The van der Waals surface area contributed by atoms with Crippen LogP contribution in [0.25, 0.3) is 0 Å². The molecule has 2 aliphatic heterocycles. The fourth-order valence-electron chi connectivity index (χ4n) is 4.35. The number of unbranched alkanes of at least 4 members (excludes halogenated alkanes) is 1. The Morgan fingerprint density at radius 2 is 1.81 bits per heavy atom. The van der Waals surface area contributed by atoms with Crippen LogP contribution in [0.5, 0.6) is 0 Å². The second-order valence-electron chi connectivity index (χ2n) is 8.16. The number of H-pyrrole nitrogens is 1. The Kier molecular flexibility index (Phi) is 13.6. The van der Waals surface area contributed by atoms with Crippen LogP contribution in [0, 0.1) is 0 Å². The maximum absolute atomic E-state index is 13.0. The van der Waals surface area contributed by atoms with Gasteiger partial charge in [0.25, 0.3) is 5.91 Å². The van der Waals surface area contributed by atoms with Gasteiger partial charge in [0, 0.05) is 6.07 Å². The van der Waals surface area contributed by atoms with Crippen LogP contribution >= 0.6 is 11.8 Å². The molecule has 9 heteroatoms. The molecule has 1 amide bonds. The molecule has 0 saturated carbocycles. The zero-order valence-electron chi connectivity index (χ0n) is 18.2. The Labute approximate surface area is 214 Å². The van der Waals surface area contributed by atoms with Gasteiger partial charge in [-0.1, -0.05) is 42.1 Å². The minimum Gasteiger partial charge on any atom is -1.00 e. The zero-order chi connectivity index (χ0) is 19.9. The average Bonchev–Trinajstić information content (AvgIpc) is 3.28. The molecule has 4 N–H and O–H groups in total. The number of benzene rings is 1. The molecule has 2 aliphatic rings. The highest BCUT2D eigenvalue weighted by Gasteiger charge is 2.39. The quantitative estimate of drug-likeness (QED) is 0.357. The van der Waals surface area contributed by atoms with Gasteiger partial charge in [0.05, 0.1) is 44.0 Å². The lowest BCUT2D eigenvalue weighted by Gasteiger charge is -2.32. The van der Waals surface area contributed by atoms with Crippen molar-refractivity contribution in [1.29, 1.82) is 0 Å². The molecule has 1 unspecified atom stereocenters. The number of hydrogen-bond donors (Lipinski definition) is 2. The molecule has 4 rings (SSSR count). The summed E-state index contributed by atoms with van der Waals surface area (Å²) in [6, 6.07) is 15.0. The number of thioether (sulfide) groups is 1. The summed E-state index contributed by atoms with van der Waals surface area (Å²) in [5.41, 5.74) is 2.70. The molecule has 1 aromatic carbocycles. The van der Waals surface area contributed by atoms with Gasteiger partial charge in [-0.25, -0.2) is 4.98 Å². The molecule has 0 radical (unpaired) electrons. The molecule has 5 nitrogen and oxygen atoms in total. The van der Waals surface area contributed by atoms with Crippen LogP contribution in [0.3, 0.4) is 0 Å². The number of nitrogens with one attached hydrogen (secondary N) is 2. The summed E-state index contributed by atoms with van der Waals surface area (Å²) in [7, 11) is 0. The molecule has 2 saturated heterocycles. The Hall–Kier alpha value is -1.02. The third-order valence-electron chi connectivity index (χ3n) is 6.11. The van der Waals surface area contributed by atoms with Gasteiger partial charge in [-0.15, -0.1) is 0 Å². The normalized spacial score (nSPS) is 20.6. The number of halogens is 3. The third-order valence-corrected chi connectivity index (χ3v) is 7.45. The number of aryl methyl sites for hydroxylation is 1. The van der Waals surface area contributed by atoms with Crippen LogP contribution in [0.15, 0.2) is 54.9 Å². The third kappa shape index (κ3) is 8.08. The number of piperazine rings is 1. The predicted octanol–water partition coefficient (Wildman–Crippen LogP) is -9.06. The van der Waals surface area contributed by atoms with Gasteiger partial charge in [-0.3, -0.25) is 4.79 Å². The SMILES string of the molecule is O=C([C@@H]1CSC(c2ccc[nH+]c2)[NH2+]1)N1CC[NH+](CCCCc2ccccc2)CC1.[Cl-].[Cl-].[Cl-]. The van der Waals surface area contributed by atoms with Crippen molar-refractivity contribution in [2.75, 3.05) is 38.5 Å². The number of aromatic nitrogens is 1. The van der Waals surface area contributed by atoms with Crippen molar-refractivity contribution in [3.05, 3.63) is 66.0 Å². The van der Waals surface area contributed by atoms with Gasteiger partial charge in [-0.05, 0) is 30.9 Å². The monoisotopic (exact) mass is 518 g/mol. The number of rotatable bonds is 7. The lowest BCUT2D eigenvalue weighted by Crippen LogP contribution is -3.15. The number of pyridine rings is 1. The van der Waals surface area contributed by atoms with E-state index in [0.29, 0.717) is 11.3 Å². The first-order chi connectivity index (χ1) is 14.3. The first kappa shape index (κ1) is 29.0. The van der Waals surface area contributed by atoms with Crippen LogP contribution in [-0.4, -0.2) is 55.3 Å². The summed E-state index contributed by atoms with van der Waals surface area (Å²) in [6.07, 6.45) is 7.66. The van der Waals surface area contributed by atoms with Crippen LogP contribution in [0.4, 0.5) is 0 Å². The summed E-state index contributed by atoms with van der Waals surface area (Å²) < 4.78 is 0. The minimum absolute atomic E-state index is 0. The van der Waals surface area contributed by atoms with Gasteiger partial charge in [0.2, 0.25) is 0 Å². The van der Waals surface area contributed by atoms with Crippen molar-refractivity contribution >= 4 is 17.7 Å². The Morgan fingerprint density at radius 1 is 1.06 bits per heavy atom. The number of carbonyl (C=O) groups is 1. The number of nitrogens with two attached hydrogens (primary N) is 1. The van der Waals surface area contributed by atoms with Crippen LogP contribution < -0.4 is 52.4 Å². The summed E-state index contributed by atoms with van der Waals surface area (Å²) >= 11 is 1.88. The average molecular weight is 520 g/mol. The highest BCUT2D eigenvalue weighted by molar-refractivity contribution is 7.99. The molecule has 2 fully saturated rings. The topological polar surface area (TPSA) is 55.5 Å². The molecule has 0 spiro atoms. The lowest BCUT2D eigenvalue weighted by atomic mass is 10.1. The number of hydrogen-bond acceptors (Lipinski definition) is 2. The number of carbonyl (C=O) groups excluding carboxylic acids is 1. The number of amides is 1. The predicted molar refractivity (Wildman–Crippen MR) is 115 cm³/mol. The molecular formula is C23H33Cl3N4OS. The Balaban J connectivity index is 0.00000171. The smallest absolute Gasteiger partial charge is 0.282 e. The van der Waals surface area contributed by atoms with E-state index in [1.54, 1.807) is 4.90 Å². The molecule has 3 heterocycles. The minimum atomic E-state index is 0. The maximum Gasteiger partial charge on any atom is 0.282 e. The molecule has 1 aromatic heterocycles. The van der Waals surface area contributed by atoms with E-state index in [0.717, 1.165) is 31.9 Å². The largest absolute Gasteiger partial charge is 1.00 e. The van der Waals surface area contributed by atoms with Gasteiger partial charge in [-0.2, -0.15) is 0 Å². The van der Waals surface area contributed by atoms with Gasteiger partial charge < -0.3 is 52.3 Å². The molecule has 32 heavy (non-hydrogen) atoms. The van der Waals surface area contributed by atoms with Crippen molar-refractivity contribution in [1.82, 2.24) is 4.90 Å². The lowest BCUT2D eigenvalue weighted by molar-refractivity contribution is -0.904. The van der Waals surface area contributed by atoms with E-state index in [9.17, 15) is 4.79 Å². The maximum atomic E-state index is 13.0. The van der Waals surface area contributed by atoms with E-state index in [4.69, 9.17) is 0 Å². The summed E-state index contributed by atoms with van der Waals surface area (Å²) in [4.78, 5) is 19.9. The highest BCUT2D eigenvalue weighted by Crippen LogP contribution is 2.26. The summed E-state index contributed by atoms with van der Waals surface area (Å²) in [5.74, 6) is 1.24. The molecule has 0 bridgehead atoms. The van der Waals surface area contributed by atoms with Gasteiger partial charge in [0.15, 0.2) is 23.8 Å². The second-order valence-corrected chi connectivity index (χ2v) is 9.33. The first-order valence-corrected chi connectivity index (χ1v) is 11.9. The highest BCUT2D eigenvalue weighted by atomic mass is 35.5. The van der Waals surface area contributed by atoms with Crippen LogP contribution in [0.2, 0.25) is 0 Å². The Bertz CT molecular complexity index is 779. The second kappa shape index (κ2) is 15.0. The Morgan fingerprint density at radius 3 is 2.50 bits per heavy atom. The van der Waals surface area contributed by atoms with Crippen LogP contribution in [-0.2, 0) is 11.2 Å². The van der Waals surface area contributed by atoms with E-state index in [1.165, 1.54) is 36.9 Å². The van der Waals surface area contributed by atoms with Crippen molar-refractivity contribution in [2.24, 2.45) is 0 Å². The number of quaternary nitrogens is 2. The summed E-state index contributed by atoms with van der Waals surface area (Å²) in [6.45, 7) is 5.23. The molecule has 2 aromatic rings. The number of nitrogens with zero attached hydrogens (tertiary/aromatic N) is 1. The van der Waals surface area contributed by atoms with E-state index < -0.39 is 0 Å². The fraction of sp³-hybridized carbons (Fsp3) is 0.478. The van der Waals surface area contributed by atoms with E-state index in [2.05, 4.69) is 51.6 Å². The zero-order valence-corrected chi connectivity index (χ0v) is 21.3. The van der Waals surface area contributed by atoms with Crippen molar-refractivity contribution < 1.29 is 57.2 Å². The van der Waals surface area contributed by atoms with Crippen molar-refractivity contribution in [2.45, 2.75) is 30.7 Å². The standard InChI is InChI=1S/C23H30N4OS.3ClH/c28-23(21-18-29-22(25-21)20-10-6-11-24-17-20)27-15-13-26(14-16-27)12-5-4-9-19-7-2-1-3-8-19;;;/h1-3,6-8,10-11,17,21-22,25H,4-5,9,12-16,18H2;3*1H/t21-,22?;;;/m0.../s1. The molecule has 0 aliphatic carbocycles. The fourth-order valence-corrected chi connectivity index (χ4v) is 5.66. The molecular weight excluding hydrogens is 487 g/mol. The van der Waals surface area contributed by atoms with Crippen molar-refractivity contribution in [3.8, 4) is 0 Å².